The van der Waals surface area contributed by atoms with Crippen molar-refractivity contribution in [3.8, 4) is 0 Å². The minimum absolute atomic E-state index is 0.0934. The van der Waals surface area contributed by atoms with Gasteiger partial charge < -0.3 is 43.6 Å². The largest absolute Gasteiger partial charge is 0.480 e. The predicted octanol–water partition coefficient (Wildman–Crippen LogP) is -2.91. The summed E-state index contributed by atoms with van der Waals surface area (Å²) < 4.78 is 0. The number of rotatable bonds is 15. The fourth-order valence-electron chi connectivity index (χ4n) is 3.27. The molecule has 3 amide bonds. The normalized spacial score (nSPS) is 17.1. The third kappa shape index (κ3) is 10.9. The summed E-state index contributed by atoms with van der Waals surface area (Å²) >= 11 is 0. The maximum atomic E-state index is 12.9. The Morgan fingerprint density at radius 2 is 1.72 bits per heavy atom. The molecule has 0 bridgehead atoms. The molecule has 32 heavy (non-hydrogen) atoms. The van der Waals surface area contributed by atoms with Crippen molar-refractivity contribution in [2.75, 3.05) is 26.2 Å². The van der Waals surface area contributed by atoms with Crippen LogP contribution in [0.4, 0.5) is 0 Å². The highest BCUT2D eigenvalue weighted by Gasteiger charge is 2.29. The van der Waals surface area contributed by atoms with Gasteiger partial charge in [-0.05, 0) is 58.0 Å². The number of guanidine groups is 1. The van der Waals surface area contributed by atoms with Gasteiger partial charge in [0.2, 0.25) is 17.7 Å². The Hall–Kier alpha value is -2.93. The number of aliphatic imine (C=N–C) groups is 1. The molecule has 3 unspecified atom stereocenters. The van der Waals surface area contributed by atoms with Crippen LogP contribution in [0, 0.1) is 0 Å². The summed E-state index contributed by atoms with van der Waals surface area (Å²) in [5, 5.41) is 19.5. The van der Waals surface area contributed by atoms with Crippen LogP contribution in [-0.2, 0) is 19.2 Å². The zero-order chi connectivity index (χ0) is 23.9. The van der Waals surface area contributed by atoms with Gasteiger partial charge in [-0.25, -0.2) is 0 Å². The van der Waals surface area contributed by atoms with Crippen molar-refractivity contribution >= 4 is 29.7 Å². The van der Waals surface area contributed by atoms with E-state index in [2.05, 4.69) is 26.3 Å². The Labute approximate surface area is 187 Å². The van der Waals surface area contributed by atoms with Gasteiger partial charge in [0.05, 0.1) is 6.04 Å². The van der Waals surface area contributed by atoms with Crippen molar-refractivity contribution in [3.63, 3.8) is 0 Å². The molecule has 1 fully saturated rings. The summed E-state index contributed by atoms with van der Waals surface area (Å²) in [5.74, 6) is -2.74. The van der Waals surface area contributed by atoms with E-state index in [1.807, 2.05) is 0 Å². The number of aliphatic carboxylic acids is 1. The summed E-state index contributed by atoms with van der Waals surface area (Å²) in [6, 6.07) is -2.20. The molecule has 0 aromatic carbocycles. The van der Waals surface area contributed by atoms with E-state index in [4.69, 9.17) is 22.3 Å². The molecule has 1 aliphatic rings. The van der Waals surface area contributed by atoms with E-state index in [1.165, 1.54) is 0 Å². The summed E-state index contributed by atoms with van der Waals surface area (Å²) in [6.07, 6.45) is 3.79. The average molecular weight is 457 g/mol. The molecule has 0 aliphatic carbocycles. The zero-order valence-electron chi connectivity index (χ0n) is 18.3. The van der Waals surface area contributed by atoms with Gasteiger partial charge in [-0.2, -0.15) is 0 Å². The molecule has 3 atom stereocenters. The first-order chi connectivity index (χ1) is 15.2. The number of nitrogens with two attached hydrogens (primary N) is 3. The standard InChI is InChI=1S/C19H36N8O5/c20-8-2-1-5-14(27-17(31)12-6-3-9-23-12)18(32)26-13(7-4-10-24-19(21)22)16(30)25-11-15(28)29/h12-14,23H,1-11,20H2,(H,25,30)(H,26,32)(H,27,31)(H,28,29)(H4,21,22,24). The molecule has 0 aromatic rings. The molecule has 1 heterocycles. The highest BCUT2D eigenvalue weighted by atomic mass is 16.4. The van der Waals surface area contributed by atoms with Gasteiger partial charge in [-0.1, -0.05) is 0 Å². The first-order valence-electron chi connectivity index (χ1n) is 10.8. The average Bonchev–Trinajstić information content (AvgIpc) is 3.28. The van der Waals surface area contributed by atoms with Crippen LogP contribution in [0.25, 0.3) is 0 Å². The number of amides is 3. The highest BCUT2D eigenvalue weighted by Crippen LogP contribution is 2.08. The molecule has 0 spiro atoms. The van der Waals surface area contributed by atoms with E-state index in [1.54, 1.807) is 0 Å². The van der Waals surface area contributed by atoms with Gasteiger partial charge in [0.25, 0.3) is 0 Å². The summed E-state index contributed by atoms with van der Waals surface area (Å²) in [4.78, 5) is 52.5. The number of carbonyl (C=O) groups is 4. The Balaban J connectivity index is 2.81. The predicted molar refractivity (Wildman–Crippen MR) is 118 cm³/mol. The Kier molecular flexibility index (Phi) is 12.7. The van der Waals surface area contributed by atoms with E-state index < -0.39 is 36.4 Å². The topological polar surface area (TPSA) is 227 Å². The quantitative estimate of drug-likeness (QED) is 0.0716. The number of hydrogen-bond acceptors (Lipinski definition) is 7. The molecule has 0 saturated carbocycles. The lowest BCUT2D eigenvalue weighted by Crippen LogP contribution is -2.56. The van der Waals surface area contributed by atoms with Gasteiger partial charge >= 0.3 is 5.97 Å². The summed E-state index contributed by atoms with van der Waals surface area (Å²) in [7, 11) is 0. The first-order valence-corrected chi connectivity index (χ1v) is 10.8. The molecule has 1 saturated heterocycles. The van der Waals surface area contributed by atoms with Gasteiger partial charge in [0.15, 0.2) is 5.96 Å². The van der Waals surface area contributed by atoms with Crippen molar-refractivity contribution in [1.82, 2.24) is 21.3 Å². The second-order valence-corrected chi connectivity index (χ2v) is 7.62. The number of hydrogen-bond donors (Lipinski definition) is 8. The van der Waals surface area contributed by atoms with Crippen LogP contribution in [0.5, 0.6) is 0 Å². The molecule has 1 rings (SSSR count). The van der Waals surface area contributed by atoms with Crippen molar-refractivity contribution < 1.29 is 24.3 Å². The number of carbonyl (C=O) groups excluding carboxylic acids is 3. The fraction of sp³-hybridized carbons (Fsp3) is 0.737. The van der Waals surface area contributed by atoms with Gasteiger partial charge in [0.1, 0.15) is 18.6 Å². The highest BCUT2D eigenvalue weighted by molar-refractivity contribution is 5.93. The van der Waals surface area contributed by atoms with Crippen LogP contribution < -0.4 is 38.5 Å². The number of nitrogens with one attached hydrogen (secondary N) is 4. The van der Waals surface area contributed by atoms with E-state index in [-0.39, 0.29) is 30.9 Å². The maximum Gasteiger partial charge on any atom is 0.322 e. The van der Waals surface area contributed by atoms with Crippen LogP contribution in [0.1, 0.15) is 44.9 Å². The summed E-state index contributed by atoms with van der Waals surface area (Å²) in [6.45, 7) is 0.856. The lowest BCUT2D eigenvalue weighted by molar-refractivity contribution is -0.138. The minimum Gasteiger partial charge on any atom is -0.480 e. The van der Waals surface area contributed by atoms with Gasteiger partial charge in [-0.3, -0.25) is 24.2 Å². The molecule has 0 radical (unpaired) electrons. The van der Waals surface area contributed by atoms with Crippen molar-refractivity contribution in [3.05, 3.63) is 0 Å². The van der Waals surface area contributed by atoms with Crippen molar-refractivity contribution in [2.24, 2.45) is 22.2 Å². The Bertz CT molecular complexity index is 662. The molecule has 1 aliphatic heterocycles. The van der Waals surface area contributed by atoms with E-state index in [0.717, 1.165) is 13.0 Å². The molecule has 182 valence electrons. The first kappa shape index (κ1) is 27.1. The monoisotopic (exact) mass is 456 g/mol. The smallest absolute Gasteiger partial charge is 0.322 e. The fourth-order valence-corrected chi connectivity index (χ4v) is 3.27. The third-order valence-corrected chi connectivity index (χ3v) is 4.95. The minimum atomic E-state index is -1.21. The second-order valence-electron chi connectivity index (χ2n) is 7.62. The lowest BCUT2D eigenvalue weighted by Gasteiger charge is -2.24. The molecule has 0 aromatic heterocycles. The number of carboxylic acid groups (broad SMARTS) is 1. The SMILES string of the molecule is NCCCCC(NC(=O)C1CCCN1)C(=O)NC(CCCN=C(N)N)C(=O)NCC(=O)O. The Morgan fingerprint density at radius 1 is 1.03 bits per heavy atom. The van der Waals surface area contributed by atoms with Crippen LogP contribution >= 0.6 is 0 Å². The number of nitrogens with zero attached hydrogens (tertiary/aromatic N) is 1. The molecule has 13 nitrogen and oxygen atoms in total. The van der Waals surface area contributed by atoms with E-state index >= 15 is 0 Å². The third-order valence-electron chi connectivity index (χ3n) is 4.95. The van der Waals surface area contributed by atoms with E-state index in [0.29, 0.717) is 38.6 Å². The second kappa shape index (κ2) is 15.0. The van der Waals surface area contributed by atoms with Crippen LogP contribution in [0.2, 0.25) is 0 Å². The van der Waals surface area contributed by atoms with Crippen LogP contribution in [-0.4, -0.2) is 79.1 Å². The molecular formula is C19H36N8O5. The molecule has 13 heteroatoms. The zero-order valence-corrected chi connectivity index (χ0v) is 18.3. The van der Waals surface area contributed by atoms with E-state index in [9.17, 15) is 19.2 Å². The van der Waals surface area contributed by atoms with Gasteiger partial charge in [-0.15, -0.1) is 0 Å². The van der Waals surface area contributed by atoms with Crippen LogP contribution in [0.3, 0.4) is 0 Å². The molecular weight excluding hydrogens is 420 g/mol. The lowest BCUT2D eigenvalue weighted by atomic mass is 10.1. The summed E-state index contributed by atoms with van der Waals surface area (Å²) in [5.41, 5.74) is 16.1. The van der Waals surface area contributed by atoms with Crippen molar-refractivity contribution in [2.45, 2.75) is 63.1 Å². The Morgan fingerprint density at radius 3 is 2.31 bits per heavy atom. The maximum absolute atomic E-state index is 12.9. The van der Waals surface area contributed by atoms with Gasteiger partial charge in [0, 0.05) is 6.54 Å². The number of carboxylic acids is 1. The molecule has 11 N–H and O–H groups in total. The van der Waals surface area contributed by atoms with Crippen LogP contribution in [0.15, 0.2) is 4.99 Å². The van der Waals surface area contributed by atoms with Crippen molar-refractivity contribution in [1.29, 1.82) is 0 Å². The number of unbranched alkanes of at least 4 members (excludes halogenated alkanes) is 1.